The maximum Gasteiger partial charge on any atom is 0.258 e. The molecule has 0 bridgehead atoms. The lowest BCUT2D eigenvalue weighted by molar-refractivity contribution is 0.396. The quantitative estimate of drug-likeness (QED) is 0.327. The van der Waals surface area contributed by atoms with Gasteiger partial charge in [0.25, 0.3) is 5.89 Å². The summed E-state index contributed by atoms with van der Waals surface area (Å²) >= 11 is 11.9. The van der Waals surface area contributed by atoms with Crippen LogP contribution in [0, 0.1) is 5.82 Å². The molecular weight excluding hydrogens is 471 g/mol. The molecule has 3 aromatic carbocycles. The molecule has 1 aliphatic rings. The van der Waals surface area contributed by atoms with Gasteiger partial charge in [0.15, 0.2) is 5.11 Å². The van der Waals surface area contributed by atoms with Crippen LogP contribution in [0.3, 0.4) is 0 Å². The van der Waals surface area contributed by atoms with E-state index in [9.17, 15) is 4.39 Å². The normalized spacial score (nSPS) is 16.0. The molecule has 1 aromatic heterocycles. The molecule has 5 nitrogen and oxygen atoms in total. The highest BCUT2D eigenvalue weighted by molar-refractivity contribution is 7.80. The molecule has 0 aliphatic carbocycles. The standard InChI is InChI=1S/C26H20ClFN4OS/c1-16-22(25-30-24(31-33-25)19-8-5-9-21(28)14-19)23(18-10-12-20(27)13-11-18)29-26(34)32(16)15-17-6-3-2-4-7-17/h2-14,23H,15H2,1H3,(H,29,34). The zero-order chi connectivity index (χ0) is 23.7. The smallest absolute Gasteiger partial charge is 0.258 e. The highest BCUT2D eigenvalue weighted by atomic mass is 35.5. The van der Waals surface area contributed by atoms with Crippen molar-refractivity contribution in [3.05, 3.63) is 112 Å². The fraction of sp³-hybridized carbons (Fsp3) is 0.115. The number of nitrogens with zero attached hydrogens (tertiary/aromatic N) is 3. The van der Waals surface area contributed by atoms with Crippen molar-refractivity contribution in [3.63, 3.8) is 0 Å². The van der Waals surface area contributed by atoms with Gasteiger partial charge in [0.05, 0.1) is 11.6 Å². The van der Waals surface area contributed by atoms with Crippen molar-refractivity contribution in [3.8, 4) is 11.4 Å². The Labute approximate surface area is 206 Å². The first-order chi connectivity index (χ1) is 16.5. The minimum atomic E-state index is -0.364. The molecule has 0 fully saturated rings. The van der Waals surface area contributed by atoms with Crippen LogP contribution in [-0.4, -0.2) is 20.2 Å². The molecule has 0 saturated heterocycles. The van der Waals surface area contributed by atoms with E-state index in [1.54, 1.807) is 12.1 Å². The van der Waals surface area contributed by atoms with E-state index in [1.165, 1.54) is 12.1 Å². The topological polar surface area (TPSA) is 54.2 Å². The Bertz CT molecular complexity index is 1370. The van der Waals surface area contributed by atoms with E-state index in [-0.39, 0.29) is 11.9 Å². The van der Waals surface area contributed by atoms with E-state index in [0.29, 0.717) is 34.0 Å². The molecule has 8 heteroatoms. The molecule has 1 N–H and O–H groups in total. The van der Waals surface area contributed by atoms with Gasteiger partial charge in [-0.05, 0) is 54.5 Å². The van der Waals surface area contributed by atoms with E-state index in [4.69, 9.17) is 28.3 Å². The largest absolute Gasteiger partial charge is 0.351 e. The average molecular weight is 491 g/mol. The zero-order valence-corrected chi connectivity index (χ0v) is 19.8. The number of hydrogen-bond acceptors (Lipinski definition) is 4. The molecule has 0 spiro atoms. The Morgan fingerprint density at radius 3 is 2.56 bits per heavy atom. The van der Waals surface area contributed by atoms with Crippen LogP contribution in [-0.2, 0) is 6.54 Å². The number of allylic oxidation sites excluding steroid dienone is 1. The number of aromatic nitrogens is 2. The first-order valence-corrected chi connectivity index (χ1v) is 11.5. The van der Waals surface area contributed by atoms with E-state index in [2.05, 4.69) is 27.6 Å². The molecule has 1 atom stereocenters. The van der Waals surface area contributed by atoms with Crippen molar-refractivity contribution in [2.75, 3.05) is 0 Å². The van der Waals surface area contributed by atoms with E-state index >= 15 is 0 Å². The van der Waals surface area contributed by atoms with Crippen LogP contribution in [0.2, 0.25) is 5.02 Å². The Morgan fingerprint density at radius 2 is 1.82 bits per heavy atom. The van der Waals surface area contributed by atoms with Gasteiger partial charge < -0.3 is 14.7 Å². The molecular formula is C26H20ClFN4OS. The van der Waals surface area contributed by atoms with Gasteiger partial charge in [0.1, 0.15) is 5.82 Å². The summed E-state index contributed by atoms with van der Waals surface area (Å²) in [6.45, 7) is 2.57. The maximum absolute atomic E-state index is 13.8. The van der Waals surface area contributed by atoms with Crippen molar-refractivity contribution in [1.29, 1.82) is 0 Å². The highest BCUT2D eigenvalue weighted by Gasteiger charge is 2.34. The molecule has 1 aliphatic heterocycles. The van der Waals surface area contributed by atoms with Crippen molar-refractivity contribution >= 4 is 34.5 Å². The number of hydrogen-bond donors (Lipinski definition) is 1. The maximum atomic E-state index is 13.8. The second-order valence-electron chi connectivity index (χ2n) is 7.94. The molecule has 0 saturated carbocycles. The molecule has 1 unspecified atom stereocenters. The van der Waals surface area contributed by atoms with Gasteiger partial charge in [-0.15, -0.1) is 0 Å². The molecule has 0 amide bonds. The second kappa shape index (κ2) is 9.37. The number of benzene rings is 3. The Hall–Kier alpha value is -3.55. The van der Waals surface area contributed by atoms with E-state index in [0.717, 1.165) is 22.4 Å². The molecule has 0 radical (unpaired) electrons. The lowest BCUT2D eigenvalue weighted by Crippen LogP contribution is -2.45. The zero-order valence-electron chi connectivity index (χ0n) is 18.2. The predicted molar refractivity (Wildman–Crippen MR) is 134 cm³/mol. The lowest BCUT2D eigenvalue weighted by atomic mass is 9.94. The highest BCUT2D eigenvalue weighted by Crippen LogP contribution is 2.38. The summed E-state index contributed by atoms with van der Waals surface area (Å²) < 4.78 is 19.5. The number of halogens is 2. The average Bonchev–Trinajstić information content (AvgIpc) is 3.32. The Morgan fingerprint density at radius 1 is 1.06 bits per heavy atom. The van der Waals surface area contributed by atoms with Crippen molar-refractivity contribution in [1.82, 2.24) is 20.4 Å². The second-order valence-corrected chi connectivity index (χ2v) is 8.76. The first-order valence-electron chi connectivity index (χ1n) is 10.7. The summed E-state index contributed by atoms with van der Waals surface area (Å²) in [7, 11) is 0. The van der Waals surface area contributed by atoms with Crippen LogP contribution in [0.5, 0.6) is 0 Å². The fourth-order valence-corrected chi connectivity index (χ4v) is 4.44. The van der Waals surface area contributed by atoms with Gasteiger partial charge in [-0.3, -0.25) is 0 Å². The van der Waals surface area contributed by atoms with E-state index < -0.39 is 0 Å². The van der Waals surface area contributed by atoms with Crippen LogP contribution in [0.25, 0.3) is 17.0 Å². The van der Waals surface area contributed by atoms with E-state index in [1.807, 2.05) is 54.3 Å². The van der Waals surface area contributed by atoms with Crippen LogP contribution in [0.4, 0.5) is 4.39 Å². The summed E-state index contributed by atoms with van der Waals surface area (Å²) in [6, 6.07) is 23.4. The summed E-state index contributed by atoms with van der Waals surface area (Å²) in [5.41, 5.74) is 4.29. The molecule has 4 aromatic rings. The van der Waals surface area contributed by atoms with Crippen molar-refractivity contribution in [2.45, 2.75) is 19.5 Å². The molecule has 2 heterocycles. The summed E-state index contributed by atoms with van der Waals surface area (Å²) in [5, 5.41) is 8.78. The summed E-state index contributed by atoms with van der Waals surface area (Å²) in [5.74, 6) is 0.286. The van der Waals surface area contributed by atoms with Gasteiger partial charge in [-0.25, -0.2) is 4.39 Å². The van der Waals surface area contributed by atoms with Gasteiger partial charge in [-0.2, -0.15) is 4.98 Å². The van der Waals surface area contributed by atoms with Gasteiger partial charge in [-0.1, -0.05) is 71.4 Å². The SMILES string of the molecule is CC1=C(c2nc(-c3cccc(F)c3)no2)C(c2ccc(Cl)cc2)NC(=S)N1Cc1ccccc1. The third-order valence-electron chi connectivity index (χ3n) is 5.72. The monoisotopic (exact) mass is 490 g/mol. The molecule has 34 heavy (non-hydrogen) atoms. The summed E-state index contributed by atoms with van der Waals surface area (Å²) in [4.78, 5) is 6.63. The van der Waals surface area contributed by atoms with Gasteiger partial charge >= 0.3 is 0 Å². The molecule has 170 valence electrons. The summed E-state index contributed by atoms with van der Waals surface area (Å²) in [6.07, 6.45) is 0. The lowest BCUT2D eigenvalue weighted by Gasteiger charge is -2.37. The number of rotatable bonds is 5. The van der Waals surface area contributed by atoms with Gasteiger partial charge in [0, 0.05) is 22.8 Å². The minimum absolute atomic E-state index is 0.312. The van der Waals surface area contributed by atoms with Crippen LogP contribution in [0.15, 0.2) is 89.1 Å². The Balaban J connectivity index is 1.60. The Kier molecular flexibility index (Phi) is 6.13. The third kappa shape index (κ3) is 4.44. The van der Waals surface area contributed by atoms with Gasteiger partial charge in [0.2, 0.25) is 5.82 Å². The number of thiocarbonyl (C=S) groups is 1. The van der Waals surface area contributed by atoms with Crippen molar-refractivity contribution in [2.24, 2.45) is 0 Å². The van der Waals surface area contributed by atoms with Crippen LogP contribution in [0.1, 0.15) is 30.0 Å². The van der Waals surface area contributed by atoms with Crippen LogP contribution >= 0.6 is 23.8 Å². The number of nitrogens with one attached hydrogen (secondary N) is 1. The van der Waals surface area contributed by atoms with Crippen molar-refractivity contribution < 1.29 is 8.91 Å². The third-order valence-corrected chi connectivity index (χ3v) is 6.31. The minimum Gasteiger partial charge on any atom is -0.351 e. The first kappa shape index (κ1) is 22.3. The predicted octanol–water partition coefficient (Wildman–Crippen LogP) is 6.39. The fourth-order valence-electron chi connectivity index (χ4n) is 4.00. The molecule has 5 rings (SSSR count). The van der Waals surface area contributed by atoms with Crippen LogP contribution < -0.4 is 5.32 Å².